The highest BCUT2D eigenvalue weighted by atomic mass is 35.5. The largest absolute Gasteiger partial charge is 0.473 e. The van der Waals surface area contributed by atoms with Crippen molar-refractivity contribution in [3.63, 3.8) is 0 Å². The first-order valence-electron chi connectivity index (χ1n) is 5.76. The van der Waals surface area contributed by atoms with Gasteiger partial charge < -0.3 is 9.94 Å². The summed E-state index contributed by atoms with van der Waals surface area (Å²) in [5.41, 5.74) is 1.94. The molecular weight excluding hydrogens is 264 g/mol. The van der Waals surface area contributed by atoms with Crippen molar-refractivity contribution in [3.8, 4) is 5.88 Å². The average Bonchev–Trinajstić information content (AvgIpc) is 2.47. The summed E-state index contributed by atoms with van der Waals surface area (Å²) < 4.78 is 5.55. The van der Waals surface area contributed by atoms with Crippen LogP contribution in [0.15, 0.2) is 53.8 Å². The molecule has 4 nitrogen and oxygen atoms in total. The van der Waals surface area contributed by atoms with Crippen LogP contribution in [-0.2, 0) is 13.0 Å². The molecule has 0 fully saturated rings. The number of rotatable bonds is 5. The van der Waals surface area contributed by atoms with Gasteiger partial charge in [-0.15, -0.1) is 0 Å². The number of nitrogens with zero attached hydrogens (tertiary/aromatic N) is 2. The third-order valence-corrected chi connectivity index (χ3v) is 2.69. The van der Waals surface area contributed by atoms with E-state index in [4.69, 9.17) is 21.5 Å². The zero-order chi connectivity index (χ0) is 13.5. The smallest absolute Gasteiger partial charge is 0.213 e. The Morgan fingerprint density at radius 3 is 2.58 bits per heavy atom. The third-order valence-electron chi connectivity index (χ3n) is 2.49. The van der Waals surface area contributed by atoms with Gasteiger partial charge in [0.05, 0.1) is 0 Å². The van der Waals surface area contributed by atoms with Crippen LogP contribution in [0.1, 0.15) is 11.1 Å². The quantitative estimate of drug-likeness (QED) is 0.518. The second-order valence-electron chi connectivity index (χ2n) is 3.93. The van der Waals surface area contributed by atoms with E-state index in [-0.39, 0.29) is 5.17 Å². The molecule has 0 aliphatic heterocycles. The molecule has 1 aromatic carbocycles. The molecule has 0 bridgehead atoms. The standard InChI is InChI=1S/C14H13ClN2O2/c15-13(17-18)8-12-6-7-14(16-9-12)19-10-11-4-2-1-3-5-11/h1-7,9,18H,8,10H2/b17-13-. The summed E-state index contributed by atoms with van der Waals surface area (Å²) in [6.07, 6.45) is 2.00. The monoisotopic (exact) mass is 276 g/mol. The number of oxime groups is 1. The lowest BCUT2D eigenvalue weighted by molar-refractivity contribution is 0.294. The third kappa shape index (κ3) is 4.26. The van der Waals surface area contributed by atoms with Gasteiger partial charge in [0.25, 0.3) is 0 Å². The topological polar surface area (TPSA) is 54.7 Å². The zero-order valence-corrected chi connectivity index (χ0v) is 10.9. The van der Waals surface area contributed by atoms with Gasteiger partial charge in [-0.05, 0) is 11.1 Å². The molecule has 1 aromatic heterocycles. The van der Waals surface area contributed by atoms with Crippen molar-refractivity contribution in [1.82, 2.24) is 4.98 Å². The SMILES string of the molecule is O/N=C(\Cl)Cc1ccc(OCc2ccccc2)nc1. The molecule has 0 amide bonds. The molecule has 0 spiro atoms. The van der Waals surface area contributed by atoms with Gasteiger partial charge in [0.2, 0.25) is 5.88 Å². The van der Waals surface area contributed by atoms with Crippen LogP contribution in [0.3, 0.4) is 0 Å². The Labute approximate surface area is 116 Å². The maximum atomic E-state index is 8.47. The Balaban J connectivity index is 1.92. The molecule has 0 saturated heterocycles. The molecule has 0 aliphatic rings. The zero-order valence-electron chi connectivity index (χ0n) is 10.2. The highest BCUT2D eigenvalue weighted by Gasteiger charge is 2.01. The Kier molecular flexibility index (Phi) is 4.75. The van der Waals surface area contributed by atoms with Crippen molar-refractivity contribution in [3.05, 3.63) is 59.8 Å². The number of benzene rings is 1. The summed E-state index contributed by atoms with van der Waals surface area (Å²) in [5.74, 6) is 0.546. The van der Waals surface area contributed by atoms with E-state index >= 15 is 0 Å². The van der Waals surface area contributed by atoms with E-state index < -0.39 is 0 Å². The van der Waals surface area contributed by atoms with E-state index in [0.717, 1.165) is 11.1 Å². The van der Waals surface area contributed by atoms with Crippen LogP contribution in [0.25, 0.3) is 0 Å². The summed E-state index contributed by atoms with van der Waals surface area (Å²) in [6.45, 7) is 0.478. The van der Waals surface area contributed by atoms with Gasteiger partial charge in [-0.25, -0.2) is 4.98 Å². The summed E-state index contributed by atoms with van der Waals surface area (Å²) in [7, 11) is 0. The Morgan fingerprint density at radius 2 is 1.95 bits per heavy atom. The first-order chi connectivity index (χ1) is 9.28. The van der Waals surface area contributed by atoms with E-state index in [1.54, 1.807) is 12.3 Å². The second-order valence-corrected chi connectivity index (χ2v) is 4.37. The average molecular weight is 277 g/mol. The van der Waals surface area contributed by atoms with Crippen molar-refractivity contribution in [1.29, 1.82) is 0 Å². The van der Waals surface area contributed by atoms with E-state index in [0.29, 0.717) is 18.9 Å². The lowest BCUT2D eigenvalue weighted by Crippen LogP contribution is -1.99. The molecule has 5 heteroatoms. The summed E-state index contributed by atoms with van der Waals surface area (Å²) in [5, 5.41) is 11.5. The minimum atomic E-state index is 0.125. The Bertz CT molecular complexity index is 541. The molecule has 1 heterocycles. The molecule has 0 saturated carbocycles. The van der Waals surface area contributed by atoms with Crippen molar-refractivity contribution in [2.75, 3.05) is 0 Å². The van der Waals surface area contributed by atoms with Crippen LogP contribution in [0.5, 0.6) is 5.88 Å². The van der Waals surface area contributed by atoms with E-state index in [1.807, 2.05) is 36.4 Å². The number of pyridine rings is 1. The maximum absolute atomic E-state index is 8.47. The van der Waals surface area contributed by atoms with E-state index in [2.05, 4.69) is 10.1 Å². The van der Waals surface area contributed by atoms with E-state index in [1.165, 1.54) is 0 Å². The van der Waals surface area contributed by atoms with Crippen molar-refractivity contribution in [2.45, 2.75) is 13.0 Å². The minimum Gasteiger partial charge on any atom is -0.473 e. The molecule has 98 valence electrons. The molecule has 2 aromatic rings. The van der Waals surface area contributed by atoms with Crippen LogP contribution in [-0.4, -0.2) is 15.4 Å². The van der Waals surface area contributed by atoms with Crippen LogP contribution in [0, 0.1) is 0 Å². The number of hydrogen-bond donors (Lipinski definition) is 1. The number of aromatic nitrogens is 1. The molecule has 2 rings (SSSR count). The predicted octanol–water partition coefficient (Wildman–Crippen LogP) is 3.23. The lowest BCUT2D eigenvalue weighted by Gasteiger charge is -2.05. The highest BCUT2D eigenvalue weighted by Crippen LogP contribution is 2.11. The van der Waals surface area contributed by atoms with Gasteiger partial charge in [0.15, 0.2) is 0 Å². The predicted molar refractivity (Wildman–Crippen MR) is 73.8 cm³/mol. The Morgan fingerprint density at radius 1 is 1.16 bits per heavy atom. The Hall–Kier alpha value is -2.07. The van der Waals surface area contributed by atoms with Crippen molar-refractivity contribution >= 4 is 16.8 Å². The normalized spacial score (nSPS) is 11.3. The first-order valence-corrected chi connectivity index (χ1v) is 6.14. The van der Waals surface area contributed by atoms with Gasteiger partial charge in [-0.3, -0.25) is 0 Å². The number of hydrogen-bond acceptors (Lipinski definition) is 4. The van der Waals surface area contributed by atoms with Crippen molar-refractivity contribution < 1.29 is 9.94 Å². The number of halogens is 1. The maximum Gasteiger partial charge on any atom is 0.213 e. The molecule has 0 unspecified atom stereocenters. The highest BCUT2D eigenvalue weighted by molar-refractivity contribution is 6.65. The minimum absolute atomic E-state index is 0.125. The first kappa shape index (κ1) is 13.4. The number of ether oxygens (including phenoxy) is 1. The lowest BCUT2D eigenvalue weighted by atomic mass is 10.2. The van der Waals surface area contributed by atoms with Crippen LogP contribution < -0.4 is 4.74 Å². The van der Waals surface area contributed by atoms with Crippen LogP contribution >= 0.6 is 11.6 Å². The molecule has 19 heavy (non-hydrogen) atoms. The van der Waals surface area contributed by atoms with Gasteiger partial charge in [0, 0.05) is 18.7 Å². The van der Waals surface area contributed by atoms with Gasteiger partial charge in [-0.2, -0.15) is 0 Å². The van der Waals surface area contributed by atoms with Crippen LogP contribution in [0.4, 0.5) is 0 Å². The summed E-state index contributed by atoms with van der Waals surface area (Å²) in [4.78, 5) is 4.16. The second kappa shape index (κ2) is 6.75. The van der Waals surface area contributed by atoms with Gasteiger partial charge in [0.1, 0.15) is 11.8 Å². The van der Waals surface area contributed by atoms with Gasteiger partial charge >= 0.3 is 0 Å². The molecule has 0 aliphatic carbocycles. The molecule has 0 radical (unpaired) electrons. The molecule has 0 atom stereocenters. The molecule has 1 N–H and O–H groups in total. The van der Waals surface area contributed by atoms with Gasteiger partial charge in [-0.1, -0.05) is 53.2 Å². The summed E-state index contributed by atoms with van der Waals surface area (Å²) >= 11 is 5.62. The summed E-state index contributed by atoms with van der Waals surface area (Å²) in [6, 6.07) is 13.5. The van der Waals surface area contributed by atoms with Crippen LogP contribution in [0.2, 0.25) is 0 Å². The van der Waals surface area contributed by atoms with E-state index in [9.17, 15) is 0 Å². The fourth-order valence-corrected chi connectivity index (χ4v) is 1.69. The molecular formula is C14H13ClN2O2. The van der Waals surface area contributed by atoms with Crippen molar-refractivity contribution in [2.24, 2.45) is 5.16 Å². The fourth-order valence-electron chi connectivity index (χ4n) is 1.54. The fraction of sp³-hybridized carbons (Fsp3) is 0.143.